The van der Waals surface area contributed by atoms with Crippen LogP contribution in [0.25, 0.3) is 0 Å². The van der Waals surface area contributed by atoms with Gasteiger partial charge in [-0.25, -0.2) is 0 Å². The molecule has 2 nitrogen and oxygen atoms in total. The molecule has 0 amide bonds. The fourth-order valence-electron chi connectivity index (χ4n) is 0.940. The van der Waals surface area contributed by atoms with Gasteiger partial charge < -0.3 is 8.39 Å². The molecule has 0 atom stereocenters. The van der Waals surface area contributed by atoms with Gasteiger partial charge in [-0.1, -0.05) is 54.6 Å². The van der Waals surface area contributed by atoms with E-state index in [2.05, 4.69) is 11.2 Å². The van der Waals surface area contributed by atoms with Crippen LogP contribution in [0.4, 0.5) is 0 Å². The van der Waals surface area contributed by atoms with Gasteiger partial charge in [0.1, 0.15) is 0 Å². The Bertz CT molecular complexity index is 418. The van der Waals surface area contributed by atoms with Gasteiger partial charge >= 0.3 is 0 Å². The highest BCUT2D eigenvalue weighted by Gasteiger charge is 1.80. The van der Waals surface area contributed by atoms with Crippen LogP contribution in [0.2, 0.25) is 0 Å². The van der Waals surface area contributed by atoms with Crippen LogP contribution in [-0.4, -0.2) is 0 Å². The molecule has 2 aromatic carbocycles. The minimum Gasteiger partial charge on any atom is -0.551 e. The molecule has 0 aliphatic carbocycles. The van der Waals surface area contributed by atoms with E-state index in [0.29, 0.717) is 5.75 Å². The number of benzene rings is 2. The van der Waals surface area contributed by atoms with Crippen LogP contribution in [0, 0.1) is 0 Å². The Labute approximate surface area is 102 Å². The molecule has 0 saturated carbocycles. The van der Waals surface area contributed by atoms with E-state index < -0.39 is 9.64 Å². The first-order valence-corrected chi connectivity index (χ1v) is 6.61. The van der Waals surface area contributed by atoms with E-state index >= 15 is 0 Å². The zero-order valence-electron chi connectivity index (χ0n) is 8.48. The first kappa shape index (κ1) is 12.7. The first-order chi connectivity index (χ1) is 7.79. The average molecular weight is 251 g/mol. The second-order valence-electron chi connectivity index (χ2n) is 2.76. The molecule has 0 bridgehead atoms. The molecule has 0 aliphatic rings. The van der Waals surface area contributed by atoms with Crippen molar-refractivity contribution in [2.45, 2.75) is 0 Å². The van der Waals surface area contributed by atoms with Crippen molar-refractivity contribution >= 4 is 20.8 Å². The number of rotatable bonds is 2. The minimum atomic E-state index is -1.63. The molecular weight excluding hydrogens is 240 g/mol. The van der Waals surface area contributed by atoms with E-state index in [0.717, 1.165) is 0 Å². The lowest BCUT2D eigenvalue weighted by Crippen LogP contribution is -1.85. The largest absolute Gasteiger partial charge is 0.551 e. The lowest BCUT2D eigenvalue weighted by Gasteiger charge is -2.04. The van der Waals surface area contributed by atoms with Crippen LogP contribution in [0.3, 0.4) is 0 Å². The van der Waals surface area contributed by atoms with E-state index in [1.54, 1.807) is 24.3 Å². The molecule has 0 spiro atoms. The normalized spacial score (nSPS) is 9.06. The van der Waals surface area contributed by atoms with Gasteiger partial charge in [-0.15, -0.1) is 0 Å². The van der Waals surface area contributed by atoms with E-state index in [1.807, 2.05) is 42.5 Å². The molecule has 2 rings (SSSR count). The third-order valence-corrected chi connectivity index (χ3v) is 2.11. The zero-order valence-corrected chi connectivity index (χ0v) is 10.1. The molecule has 4 heteroatoms. The molecule has 0 saturated heterocycles. The Morgan fingerprint density at radius 1 is 0.812 bits per heavy atom. The monoisotopic (exact) mass is 251 g/mol. The van der Waals surface area contributed by atoms with Gasteiger partial charge in [0.15, 0.2) is 0 Å². The summed E-state index contributed by atoms with van der Waals surface area (Å²) in [6.07, 6.45) is 0. The molecule has 0 aromatic heterocycles. The maximum absolute atomic E-state index is 10.3. The molecule has 0 fully saturated rings. The highest BCUT2D eigenvalue weighted by Crippen LogP contribution is 2.07. The van der Waals surface area contributed by atoms with Crippen molar-refractivity contribution in [2.75, 3.05) is 0 Å². The van der Waals surface area contributed by atoms with Crippen molar-refractivity contribution in [3.8, 4) is 5.75 Å². The highest BCUT2D eigenvalue weighted by atomic mass is 32.8. The third kappa shape index (κ3) is 6.16. The minimum absolute atomic E-state index is 0.538. The van der Waals surface area contributed by atoms with Crippen molar-refractivity contribution in [3.05, 3.63) is 66.7 Å². The lowest BCUT2D eigenvalue weighted by molar-refractivity contribution is 0.536. The summed E-state index contributed by atoms with van der Waals surface area (Å²) in [7, 11) is -1.63. The SMILES string of the molecule is O=[S-](=S)Oc1ccccc1.c1ccccc1. The van der Waals surface area contributed by atoms with Crippen molar-refractivity contribution in [1.82, 2.24) is 0 Å². The van der Waals surface area contributed by atoms with Gasteiger partial charge in [-0.2, -0.15) is 11.2 Å². The van der Waals surface area contributed by atoms with Crippen molar-refractivity contribution in [2.24, 2.45) is 0 Å². The first-order valence-electron chi connectivity index (χ1n) is 4.61. The van der Waals surface area contributed by atoms with Gasteiger partial charge in [0.2, 0.25) is 0 Å². The molecule has 2 aromatic rings. The summed E-state index contributed by atoms with van der Waals surface area (Å²) in [6.45, 7) is 0. The summed E-state index contributed by atoms with van der Waals surface area (Å²) < 4.78 is 15.0. The Hall–Kier alpha value is -1.39. The molecule has 16 heavy (non-hydrogen) atoms. The van der Waals surface area contributed by atoms with E-state index in [-0.39, 0.29) is 0 Å². The summed E-state index contributed by atoms with van der Waals surface area (Å²) in [5.74, 6) is 0.538. The Balaban J connectivity index is 0.000000181. The van der Waals surface area contributed by atoms with E-state index in [4.69, 9.17) is 4.18 Å². The fraction of sp³-hybridized carbons (Fsp3) is 0. The highest BCUT2D eigenvalue weighted by molar-refractivity contribution is 8.19. The smallest absolute Gasteiger partial charge is 0.0999 e. The van der Waals surface area contributed by atoms with Crippen LogP contribution < -0.4 is 4.18 Å². The number of hydrogen-bond donors (Lipinski definition) is 0. The van der Waals surface area contributed by atoms with Crippen molar-refractivity contribution < 1.29 is 8.39 Å². The molecule has 0 unspecified atom stereocenters. The average Bonchev–Trinajstić information content (AvgIpc) is 2.32. The molecular formula is C12H11O2S2-. The second kappa shape index (κ2) is 7.84. The van der Waals surface area contributed by atoms with E-state index in [1.165, 1.54) is 0 Å². The van der Waals surface area contributed by atoms with Crippen LogP contribution in [0.15, 0.2) is 66.7 Å². The zero-order chi connectivity index (χ0) is 11.6. The Morgan fingerprint density at radius 2 is 1.19 bits per heavy atom. The van der Waals surface area contributed by atoms with Crippen molar-refractivity contribution in [1.29, 1.82) is 0 Å². The Morgan fingerprint density at radius 3 is 1.56 bits per heavy atom. The second-order valence-corrected chi connectivity index (χ2v) is 4.15. The van der Waals surface area contributed by atoms with Crippen LogP contribution in [0.1, 0.15) is 0 Å². The predicted octanol–water partition coefficient (Wildman–Crippen LogP) is 3.09. The standard InChI is InChI=1S/C6H5O2S2.C6H6/c7-10(9)8-6-4-2-1-3-5-6;1-2-4-6-5-3-1/h1-5H;1-6H/q-1;. The number of para-hydroxylation sites is 1. The summed E-state index contributed by atoms with van der Waals surface area (Å²) in [5, 5.41) is 0. The van der Waals surface area contributed by atoms with Gasteiger partial charge in [-0.05, 0) is 21.8 Å². The quantitative estimate of drug-likeness (QED) is 0.767. The predicted molar refractivity (Wildman–Crippen MR) is 68.9 cm³/mol. The molecule has 0 N–H and O–H groups in total. The summed E-state index contributed by atoms with van der Waals surface area (Å²) in [4.78, 5) is 0. The number of hydrogen-bond acceptors (Lipinski definition) is 4. The van der Waals surface area contributed by atoms with Gasteiger partial charge in [0.25, 0.3) is 0 Å². The molecule has 84 valence electrons. The van der Waals surface area contributed by atoms with Gasteiger partial charge in [-0.3, -0.25) is 0 Å². The summed E-state index contributed by atoms with van der Waals surface area (Å²) in [6, 6.07) is 20.8. The van der Waals surface area contributed by atoms with E-state index in [9.17, 15) is 4.21 Å². The maximum Gasteiger partial charge on any atom is 0.0999 e. The maximum atomic E-state index is 10.3. The summed E-state index contributed by atoms with van der Waals surface area (Å²) >= 11 is 4.31. The van der Waals surface area contributed by atoms with Gasteiger partial charge in [0, 0.05) is 0 Å². The third-order valence-electron chi connectivity index (χ3n) is 1.57. The van der Waals surface area contributed by atoms with Crippen LogP contribution in [-0.2, 0) is 25.0 Å². The Kier molecular flexibility index (Phi) is 6.22. The molecule has 0 aliphatic heterocycles. The summed E-state index contributed by atoms with van der Waals surface area (Å²) in [5.41, 5.74) is 0. The van der Waals surface area contributed by atoms with Crippen molar-refractivity contribution in [3.63, 3.8) is 0 Å². The molecule has 0 radical (unpaired) electrons. The topological polar surface area (TPSA) is 26.3 Å². The lowest BCUT2D eigenvalue weighted by atomic mass is 10.3. The fourth-order valence-corrected chi connectivity index (χ4v) is 1.44. The molecule has 0 heterocycles. The van der Waals surface area contributed by atoms with Crippen LogP contribution >= 0.6 is 0 Å². The van der Waals surface area contributed by atoms with Gasteiger partial charge in [0.05, 0.1) is 5.75 Å². The van der Waals surface area contributed by atoms with Crippen LogP contribution in [0.5, 0.6) is 5.75 Å².